The lowest BCUT2D eigenvalue weighted by molar-refractivity contribution is -0.143. The molecular formula is C12H18ClN3O2. The predicted octanol–water partition coefficient (Wildman–Crippen LogP) is 2.50. The highest BCUT2D eigenvalue weighted by Gasteiger charge is 2.07. The standard InChI is InChI=1S/C12H18ClN3O2/c1-4-18-10(17)6-5-7-14-12-11(13)15-8(2)9(3)16-12/h4-7H2,1-3H3,(H,14,16). The molecular weight excluding hydrogens is 254 g/mol. The fourth-order valence-electron chi connectivity index (χ4n) is 1.36. The van der Waals surface area contributed by atoms with Crippen molar-refractivity contribution in [2.45, 2.75) is 33.6 Å². The van der Waals surface area contributed by atoms with Crippen molar-refractivity contribution in [3.05, 3.63) is 16.5 Å². The van der Waals surface area contributed by atoms with E-state index in [1.807, 2.05) is 13.8 Å². The molecule has 0 spiro atoms. The Morgan fingerprint density at radius 1 is 1.33 bits per heavy atom. The number of aromatic nitrogens is 2. The van der Waals surface area contributed by atoms with Gasteiger partial charge >= 0.3 is 5.97 Å². The molecule has 1 aromatic heterocycles. The number of halogens is 1. The zero-order chi connectivity index (χ0) is 13.5. The normalized spacial score (nSPS) is 10.2. The number of carbonyl (C=O) groups excluding carboxylic acids is 1. The van der Waals surface area contributed by atoms with E-state index >= 15 is 0 Å². The van der Waals surface area contributed by atoms with Crippen LogP contribution >= 0.6 is 11.6 Å². The van der Waals surface area contributed by atoms with Gasteiger partial charge in [-0.3, -0.25) is 4.79 Å². The molecule has 0 aliphatic rings. The molecule has 6 heteroatoms. The number of anilines is 1. The molecule has 0 bridgehead atoms. The molecule has 0 saturated heterocycles. The molecule has 1 N–H and O–H groups in total. The second-order valence-corrected chi connectivity index (χ2v) is 4.23. The molecule has 0 atom stereocenters. The fourth-order valence-corrected chi connectivity index (χ4v) is 1.60. The average Bonchev–Trinajstić information content (AvgIpc) is 2.31. The van der Waals surface area contributed by atoms with E-state index in [1.54, 1.807) is 6.92 Å². The Kier molecular flexibility index (Phi) is 5.85. The molecule has 0 saturated carbocycles. The van der Waals surface area contributed by atoms with Crippen LogP contribution in [0.4, 0.5) is 5.82 Å². The Labute approximate surface area is 112 Å². The van der Waals surface area contributed by atoms with Crippen LogP contribution in [0.2, 0.25) is 5.15 Å². The highest BCUT2D eigenvalue weighted by Crippen LogP contribution is 2.18. The van der Waals surface area contributed by atoms with E-state index in [1.165, 1.54) is 0 Å². The van der Waals surface area contributed by atoms with E-state index in [0.717, 1.165) is 11.4 Å². The zero-order valence-corrected chi connectivity index (χ0v) is 11.7. The van der Waals surface area contributed by atoms with Crippen LogP contribution in [0.5, 0.6) is 0 Å². The van der Waals surface area contributed by atoms with E-state index in [4.69, 9.17) is 16.3 Å². The average molecular weight is 272 g/mol. The number of rotatable bonds is 6. The number of hydrogen-bond donors (Lipinski definition) is 1. The summed E-state index contributed by atoms with van der Waals surface area (Å²) in [7, 11) is 0. The lowest BCUT2D eigenvalue weighted by atomic mass is 10.3. The molecule has 0 aliphatic heterocycles. The molecule has 0 unspecified atom stereocenters. The number of esters is 1. The first-order valence-corrected chi connectivity index (χ1v) is 6.32. The highest BCUT2D eigenvalue weighted by molar-refractivity contribution is 6.31. The van der Waals surface area contributed by atoms with Crippen molar-refractivity contribution in [3.63, 3.8) is 0 Å². The van der Waals surface area contributed by atoms with Gasteiger partial charge in [-0.25, -0.2) is 9.97 Å². The van der Waals surface area contributed by atoms with Crippen LogP contribution in [-0.2, 0) is 9.53 Å². The van der Waals surface area contributed by atoms with Crippen LogP contribution in [0.15, 0.2) is 0 Å². The lowest BCUT2D eigenvalue weighted by Gasteiger charge is -2.08. The Bertz CT molecular complexity index is 424. The molecule has 100 valence electrons. The number of hydrogen-bond acceptors (Lipinski definition) is 5. The van der Waals surface area contributed by atoms with Crippen LogP contribution in [0.1, 0.15) is 31.2 Å². The van der Waals surface area contributed by atoms with Gasteiger partial charge in [0.2, 0.25) is 0 Å². The summed E-state index contributed by atoms with van der Waals surface area (Å²) in [5.41, 5.74) is 1.66. The van der Waals surface area contributed by atoms with Gasteiger partial charge < -0.3 is 10.1 Å². The molecule has 18 heavy (non-hydrogen) atoms. The highest BCUT2D eigenvalue weighted by atomic mass is 35.5. The molecule has 1 rings (SSSR count). The molecule has 1 aromatic rings. The summed E-state index contributed by atoms with van der Waals surface area (Å²) in [6.45, 7) is 6.55. The first-order valence-electron chi connectivity index (χ1n) is 5.94. The van der Waals surface area contributed by atoms with Crippen LogP contribution in [0.3, 0.4) is 0 Å². The quantitative estimate of drug-likeness (QED) is 0.636. The molecule has 0 fully saturated rings. The molecule has 0 aromatic carbocycles. The second-order valence-electron chi connectivity index (χ2n) is 3.87. The van der Waals surface area contributed by atoms with E-state index < -0.39 is 0 Å². The molecule has 5 nitrogen and oxygen atoms in total. The van der Waals surface area contributed by atoms with E-state index in [9.17, 15) is 4.79 Å². The molecule has 0 amide bonds. The van der Waals surface area contributed by atoms with Gasteiger partial charge in [-0.05, 0) is 27.2 Å². The van der Waals surface area contributed by atoms with Crippen molar-refractivity contribution in [1.29, 1.82) is 0 Å². The third-order valence-corrected chi connectivity index (χ3v) is 2.68. The Morgan fingerprint density at radius 3 is 2.67 bits per heavy atom. The largest absolute Gasteiger partial charge is 0.466 e. The van der Waals surface area contributed by atoms with Gasteiger partial charge in [-0.2, -0.15) is 0 Å². The van der Waals surface area contributed by atoms with Gasteiger partial charge in [-0.1, -0.05) is 11.6 Å². The van der Waals surface area contributed by atoms with Crippen molar-refractivity contribution in [1.82, 2.24) is 9.97 Å². The van der Waals surface area contributed by atoms with Gasteiger partial charge in [0, 0.05) is 13.0 Å². The second kappa shape index (κ2) is 7.16. The van der Waals surface area contributed by atoms with Crippen LogP contribution in [0, 0.1) is 13.8 Å². The minimum atomic E-state index is -0.184. The summed E-state index contributed by atoms with van der Waals surface area (Å²) in [6.07, 6.45) is 1.06. The van der Waals surface area contributed by atoms with Gasteiger partial charge in [0.1, 0.15) is 0 Å². The summed E-state index contributed by atoms with van der Waals surface area (Å²) in [6, 6.07) is 0. The first-order chi connectivity index (χ1) is 8.54. The van der Waals surface area contributed by atoms with E-state index in [2.05, 4.69) is 15.3 Å². The summed E-state index contributed by atoms with van der Waals surface area (Å²) >= 11 is 5.96. The lowest BCUT2D eigenvalue weighted by Crippen LogP contribution is -2.10. The van der Waals surface area contributed by atoms with Crippen molar-refractivity contribution < 1.29 is 9.53 Å². The van der Waals surface area contributed by atoms with Gasteiger partial charge in [0.05, 0.1) is 18.0 Å². The summed E-state index contributed by atoms with van der Waals surface area (Å²) in [5, 5.41) is 3.42. The Hall–Kier alpha value is -1.36. The molecule has 0 aliphatic carbocycles. The number of nitrogens with zero attached hydrogens (tertiary/aromatic N) is 2. The maximum absolute atomic E-state index is 11.1. The van der Waals surface area contributed by atoms with E-state index in [-0.39, 0.29) is 5.97 Å². The Balaban J connectivity index is 2.40. The smallest absolute Gasteiger partial charge is 0.305 e. The predicted molar refractivity (Wildman–Crippen MR) is 70.9 cm³/mol. The van der Waals surface area contributed by atoms with Crippen molar-refractivity contribution in [2.24, 2.45) is 0 Å². The maximum atomic E-state index is 11.1. The van der Waals surface area contributed by atoms with Crippen LogP contribution in [-0.4, -0.2) is 29.1 Å². The van der Waals surface area contributed by atoms with Crippen molar-refractivity contribution >= 4 is 23.4 Å². The third kappa shape index (κ3) is 4.49. The topological polar surface area (TPSA) is 64.1 Å². The number of nitrogens with one attached hydrogen (secondary N) is 1. The summed E-state index contributed by atoms with van der Waals surface area (Å²) < 4.78 is 4.83. The number of ether oxygens (including phenoxy) is 1. The van der Waals surface area contributed by atoms with Gasteiger partial charge in [-0.15, -0.1) is 0 Å². The fraction of sp³-hybridized carbons (Fsp3) is 0.583. The zero-order valence-electron chi connectivity index (χ0n) is 10.9. The monoisotopic (exact) mass is 271 g/mol. The molecule has 0 radical (unpaired) electrons. The summed E-state index contributed by atoms with van der Waals surface area (Å²) in [4.78, 5) is 19.6. The minimum Gasteiger partial charge on any atom is -0.466 e. The first kappa shape index (κ1) is 14.7. The van der Waals surface area contributed by atoms with Crippen molar-refractivity contribution in [3.8, 4) is 0 Å². The molecule has 1 heterocycles. The number of carbonyl (C=O) groups is 1. The number of aryl methyl sites for hydroxylation is 2. The van der Waals surface area contributed by atoms with Crippen LogP contribution < -0.4 is 5.32 Å². The van der Waals surface area contributed by atoms with Gasteiger partial charge in [0.15, 0.2) is 11.0 Å². The SMILES string of the molecule is CCOC(=O)CCCNc1nc(C)c(C)nc1Cl. The van der Waals surface area contributed by atoms with Gasteiger partial charge in [0.25, 0.3) is 0 Å². The summed E-state index contributed by atoms with van der Waals surface area (Å²) in [5.74, 6) is 0.375. The van der Waals surface area contributed by atoms with E-state index in [0.29, 0.717) is 37.0 Å². The van der Waals surface area contributed by atoms with Crippen molar-refractivity contribution in [2.75, 3.05) is 18.5 Å². The van der Waals surface area contributed by atoms with Crippen LogP contribution in [0.25, 0.3) is 0 Å². The Morgan fingerprint density at radius 2 is 2.00 bits per heavy atom. The maximum Gasteiger partial charge on any atom is 0.305 e. The third-order valence-electron chi connectivity index (χ3n) is 2.42. The minimum absolute atomic E-state index is 0.184.